The van der Waals surface area contributed by atoms with E-state index in [1.807, 2.05) is 6.20 Å². The number of hydrogen-bond acceptors (Lipinski definition) is 7. The van der Waals surface area contributed by atoms with Gasteiger partial charge in [0.05, 0.1) is 13.2 Å². The van der Waals surface area contributed by atoms with Crippen molar-refractivity contribution in [3.8, 4) is 0 Å². The van der Waals surface area contributed by atoms with E-state index in [9.17, 15) is 0 Å². The van der Waals surface area contributed by atoms with Crippen LogP contribution in [0.15, 0.2) is 30.5 Å². The van der Waals surface area contributed by atoms with Crippen molar-refractivity contribution in [1.29, 1.82) is 0 Å². The Morgan fingerprint density at radius 2 is 2.10 bits per heavy atom. The Balaban J connectivity index is 1.47. The minimum Gasteiger partial charge on any atom is -0.379 e. The summed E-state index contributed by atoms with van der Waals surface area (Å²) in [6.45, 7) is 7.33. The minimum atomic E-state index is 0.354. The first kappa shape index (κ1) is 20.1. The molecule has 2 aliphatic rings. The number of nitrogens with zero attached hydrogens (tertiary/aromatic N) is 3. The molecule has 2 aromatic rings. The Morgan fingerprint density at radius 1 is 1.28 bits per heavy atom. The maximum atomic E-state index is 5.63. The first-order valence-corrected chi connectivity index (χ1v) is 10.7. The number of rotatable bonds is 9. The van der Waals surface area contributed by atoms with Crippen LogP contribution in [0, 0.1) is 0 Å². The fourth-order valence-corrected chi connectivity index (χ4v) is 3.78. The zero-order valence-electron chi connectivity index (χ0n) is 17.2. The minimum absolute atomic E-state index is 0.354. The van der Waals surface area contributed by atoms with Crippen LogP contribution in [-0.4, -0.2) is 54.3 Å². The number of nitrogens with two attached hydrogens (primary N) is 1. The quantitative estimate of drug-likeness (QED) is 0.561. The van der Waals surface area contributed by atoms with E-state index in [4.69, 9.17) is 15.5 Å². The van der Waals surface area contributed by atoms with Crippen LogP contribution in [0.1, 0.15) is 49.3 Å². The second kappa shape index (κ2) is 9.52. The number of anilines is 3. The molecule has 7 nitrogen and oxygen atoms in total. The van der Waals surface area contributed by atoms with Gasteiger partial charge in [0, 0.05) is 43.1 Å². The molecule has 1 aromatic carbocycles. The Morgan fingerprint density at radius 3 is 2.86 bits per heavy atom. The van der Waals surface area contributed by atoms with Crippen molar-refractivity contribution in [2.24, 2.45) is 5.73 Å². The molecule has 0 bridgehead atoms. The lowest BCUT2D eigenvalue weighted by molar-refractivity contribution is 0.0199. The van der Waals surface area contributed by atoms with Crippen LogP contribution >= 0.6 is 0 Å². The average molecular weight is 397 g/mol. The van der Waals surface area contributed by atoms with Crippen molar-refractivity contribution in [2.45, 2.75) is 38.1 Å². The fraction of sp³-hybridized carbons (Fsp3) is 0.545. The van der Waals surface area contributed by atoms with E-state index < -0.39 is 0 Å². The molecule has 0 radical (unpaired) electrons. The lowest BCUT2D eigenvalue weighted by Gasteiger charge is -2.32. The van der Waals surface area contributed by atoms with E-state index in [1.165, 1.54) is 24.0 Å². The molecule has 29 heavy (non-hydrogen) atoms. The third kappa shape index (κ3) is 5.23. The highest BCUT2D eigenvalue weighted by atomic mass is 16.5. The van der Waals surface area contributed by atoms with Gasteiger partial charge >= 0.3 is 0 Å². The van der Waals surface area contributed by atoms with Gasteiger partial charge in [-0.3, -0.25) is 4.90 Å². The molecular formula is C22H32N6O. The Bertz CT molecular complexity index is 804. The largest absolute Gasteiger partial charge is 0.379 e. The maximum Gasteiger partial charge on any atom is 0.229 e. The van der Waals surface area contributed by atoms with Gasteiger partial charge < -0.3 is 21.1 Å². The van der Waals surface area contributed by atoms with Gasteiger partial charge in [-0.25, -0.2) is 4.98 Å². The molecule has 0 spiro atoms. The molecule has 0 amide bonds. The second-order valence-corrected chi connectivity index (χ2v) is 7.92. The highest BCUT2D eigenvalue weighted by molar-refractivity contribution is 5.58. The van der Waals surface area contributed by atoms with E-state index in [-0.39, 0.29) is 0 Å². The summed E-state index contributed by atoms with van der Waals surface area (Å²) < 4.78 is 5.48. The molecular weight excluding hydrogens is 364 g/mol. The Labute approximate surface area is 173 Å². The summed E-state index contributed by atoms with van der Waals surface area (Å²) in [5.74, 6) is 2.17. The third-order valence-electron chi connectivity index (χ3n) is 5.73. The lowest BCUT2D eigenvalue weighted by Crippen LogP contribution is -2.38. The third-order valence-corrected chi connectivity index (χ3v) is 5.73. The van der Waals surface area contributed by atoms with E-state index in [2.05, 4.69) is 51.7 Å². The predicted octanol–water partition coefficient (Wildman–Crippen LogP) is 3.25. The molecule has 1 aliphatic heterocycles. The van der Waals surface area contributed by atoms with E-state index in [1.54, 1.807) is 0 Å². The molecule has 1 atom stereocenters. The summed E-state index contributed by atoms with van der Waals surface area (Å²) in [7, 11) is 0. The van der Waals surface area contributed by atoms with Gasteiger partial charge in [0.1, 0.15) is 5.82 Å². The summed E-state index contributed by atoms with van der Waals surface area (Å²) in [5, 5.41) is 6.83. The highest BCUT2D eigenvalue weighted by Crippen LogP contribution is 2.42. The first-order chi connectivity index (χ1) is 14.2. The van der Waals surface area contributed by atoms with Gasteiger partial charge in [0.2, 0.25) is 5.95 Å². The van der Waals surface area contributed by atoms with Gasteiger partial charge in [-0.15, -0.1) is 0 Å². The SMILES string of the molecule is CC(c1cccc(Nc2ncc(C3CC3)c(NCCCN)n2)c1)N1CCOCC1. The molecule has 156 valence electrons. The van der Waals surface area contributed by atoms with Gasteiger partial charge in [-0.2, -0.15) is 4.98 Å². The zero-order valence-corrected chi connectivity index (χ0v) is 17.2. The first-order valence-electron chi connectivity index (χ1n) is 10.7. The summed E-state index contributed by atoms with van der Waals surface area (Å²) in [6, 6.07) is 8.89. The molecule has 1 aromatic heterocycles. The van der Waals surface area contributed by atoms with Crippen molar-refractivity contribution in [3.05, 3.63) is 41.6 Å². The van der Waals surface area contributed by atoms with Gasteiger partial charge in [-0.1, -0.05) is 12.1 Å². The number of nitrogens with one attached hydrogen (secondary N) is 2. The molecule has 7 heteroatoms. The Kier molecular flexibility index (Phi) is 6.59. The smallest absolute Gasteiger partial charge is 0.229 e. The molecule has 1 aliphatic carbocycles. The second-order valence-electron chi connectivity index (χ2n) is 7.92. The number of hydrogen-bond donors (Lipinski definition) is 3. The van der Waals surface area contributed by atoms with Crippen LogP contribution in [-0.2, 0) is 4.74 Å². The van der Waals surface area contributed by atoms with Crippen LogP contribution in [0.3, 0.4) is 0 Å². The van der Waals surface area contributed by atoms with Crippen molar-refractivity contribution in [2.75, 3.05) is 50.0 Å². The van der Waals surface area contributed by atoms with E-state index in [0.717, 1.165) is 50.8 Å². The van der Waals surface area contributed by atoms with Crippen LogP contribution in [0.4, 0.5) is 17.5 Å². The molecule has 2 heterocycles. The summed E-state index contributed by atoms with van der Waals surface area (Å²) in [6.07, 6.45) is 5.35. The fourth-order valence-electron chi connectivity index (χ4n) is 3.78. The topological polar surface area (TPSA) is 88.3 Å². The molecule has 1 saturated heterocycles. The molecule has 4 N–H and O–H groups in total. The predicted molar refractivity (Wildman–Crippen MR) is 117 cm³/mol. The van der Waals surface area contributed by atoms with Crippen molar-refractivity contribution < 1.29 is 4.74 Å². The number of benzene rings is 1. The van der Waals surface area contributed by atoms with Crippen LogP contribution < -0.4 is 16.4 Å². The summed E-state index contributed by atoms with van der Waals surface area (Å²) >= 11 is 0. The van der Waals surface area contributed by atoms with Crippen LogP contribution in [0.5, 0.6) is 0 Å². The Hall–Kier alpha value is -2.22. The van der Waals surface area contributed by atoms with Gasteiger partial charge in [0.15, 0.2) is 0 Å². The number of aromatic nitrogens is 2. The van der Waals surface area contributed by atoms with Crippen molar-refractivity contribution >= 4 is 17.5 Å². The summed E-state index contributed by atoms with van der Waals surface area (Å²) in [4.78, 5) is 11.8. The van der Waals surface area contributed by atoms with E-state index >= 15 is 0 Å². The monoisotopic (exact) mass is 396 g/mol. The molecule has 1 unspecified atom stereocenters. The van der Waals surface area contributed by atoms with E-state index in [0.29, 0.717) is 24.5 Å². The van der Waals surface area contributed by atoms with Crippen molar-refractivity contribution in [1.82, 2.24) is 14.9 Å². The normalized spacial score (nSPS) is 18.4. The molecule has 4 rings (SSSR count). The lowest BCUT2D eigenvalue weighted by atomic mass is 10.1. The van der Waals surface area contributed by atoms with Gasteiger partial charge in [-0.05, 0) is 56.3 Å². The van der Waals surface area contributed by atoms with Crippen molar-refractivity contribution in [3.63, 3.8) is 0 Å². The molecule has 2 fully saturated rings. The molecule has 1 saturated carbocycles. The zero-order chi connectivity index (χ0) is 20.1. The summed E-state index contributed by atoms with van der Waals surface area (Å²) in [5.41, 5.74) is 9.15. The average Bonchev–Trinajstić information content (AvgIpc) is 3.60. The standard InChI is InChI=1S/C22H32N6O/c1-16(28-10-12-29-13-11-28)18-4-2-5-19(14-18)26-22-25-15-20(17-6-7-17)21(27-22)24-9-3-8-23/h2,4-5,14-17H,3,6-13,23H2,1H3,(H2,24,25,26,27). The van der Waals surface area contributed by atoms with Crippen LogP contribution in [0.25, 0.3) is 0 Å². The van der Waals surface area contributed by atoms with Crippen LogP contribution in [0.2, 0.25) is 0 Å². The number of ether oxygens (including phenoxy) is 1. The highest BCUT2D eigenvalue weighted by Gasteiger charge is 2.27. The number of morpholine rings is 1. The van der Waals surface area contributed by atoms with Gasteiger partial charge in [0.25, 0.3) is 0 Å². The maximum absolute atomic E-state index is 5.63.